The van der Waals surface area contributed by atoms with Crippen LogP contribution in [0, 0.1) is 0 Å². The lowest BCUT2D eigenvalue weighted by Crippen LogP contribution is -2.15. The second-order valence-electron chi connectivity index (χ2n) is 5.21. The molecule has 0 spiro atoms. The van der Waals surface area contributed by atoms with E-state index in [0.717, 1.165) is 0 Å². The van der Waals surface area contributed by atoms with Gasteiger partial charge in [0.05, 0.1) is 17.0 Å². The Kier molecular flexibility index (Phi) is 4.82. The molecule has 0 bridgehead atoms. The van der Waals surface area contributed by atoms with Crippen molar-refractivity contribution in [2.75, 3.05) is 6.61 Å². The maximum atomic E-state index is 13.4. The SMILES string of the molecule is CCOc1ccc2c(=O)c(Oc3ccccc3Cl)c(C(F)(F)F)oc2c1. The summed E-state index contributed by atoms with van der Waals surface area (Å²) in [4.78, 5) is 12.6. The summed E-state index contributed by atoms with van der Waals surface area (Å²) in [6.07, 6.45) is -4.94. The fraction of sp³-hybridized carbons (Fsp3) is 0.167. The van der Waals surface area contributed by atoms with Crippen LogP contribution in [0.4, 0.5) is 13.2 Å². The quantitative estimate of drug-likeness (QED) is 0.582. The fourth-order valence-electron chi connectivity index (χ4n) is 2.33. The van der Waals surface area contributed by atoms with E-state index in [4.69, 9.17) is 25.5 Å². The molecule has 0 saturated carbocycles. The van der Waals surface area contributed by atoms with E-state index in [1.165, 1.54) is 36.4 Å². The molecular weight excluding hydrogens is 373 g/mol. The third-order valence-corrected chi connectivity index (χ3v) is 3.75. The molecule has 1 heterocycles. The zero-order valence-electron chi connectivity index (χ0n) is 13.4. The summed E-state index contributed by atoms with van der Waals surface area (Å²) >= 11 is 5.91. The third-order valence-electron chi connectivity index (χ3n) is 3.44. The molecule has 0 N–H and O–H groups in total. The van der Waals surface area contributed by atoms with Gasteiger partial charge in [0.1, 0.15) is 17.1 Å². The Hall–Kier alpha value is -2.67. The number of hydrogen-bond acceptors (Lipinski definition) is 4. The van der Waals surface area contributed by atoms with Gasteiger partial charge in [0.15, 0.2) is 0 Å². The Bertz CT molecular complexity index is 1010. The highest BCUT2D eigenvalue weighted by molar-refractivity contribution is 6.32. The summed E-state index contributed by atoms with van der Waals surface area (Å²) in [5, 5.41) is -0.00433. The standard InChI is InChI=1S/C18H12ClF3O4/c1-2-24-10-7-8-11-14(9-10)26-17(18(20,21)22)16(15(11)23)25-13-6-4-3-5-12(13)19/h3-9H,2H2,1H3. The van der Waals surface area contributed by atoms with Crippen LogP contribution in [0.2, 0.25) is 5.02 Å². The van der Waals surface area contributed by atoms with Gasteiger partial charge in [-0.05, 0) is 31.2 Å². The molecular formula is C18H12ClF3O4. The molecule has 0 aliphatic heterocycles. The van der Waals surface area contributed by atoms with Gasteiger partial charge in [-0.2, -0.15) is 13.2 Å². The maximum Gasteiger partial charge on any atom is 0.453 e. The van der Waals surface area contributed by atoms with Gasteiger partial charge in [-0.1, -0.05) is 23.7 Å². The van der Waals surface area contributed by atoms with E-state index in [-0.39, 0.29) is 27.5 Å². The molecule has 4 nitrogen and oxygen atoms in total. The zero-order chi connectivity index (χ0) is 18.9. The first-order chi connectivity index (χ1) is 12.3. The van der Waals surface area contributed by atoms with Crippen molar-refractivity contribution >= 4 is 22.6 Å². The zero-order valence-corrected chi connectivity index (χ0v) is 14.1. The summed E-state index contributed by atoms with van der Waals surface area (Å²) in [5.41, 5.74) is -1.21. The van der Waals surface area contributed by atoms with Crippen LogP contribution in [0.5, 0.6) is 17.2 Å². The molecule has 1 aromatic heterocycles. The summed E-state index contributed by atoms with van der Waals surface area (Å²) < 4.78 is 55.7. The van der Waals surface area contributed by atoms with Crippen LogP contribution in [-0.4, -0.2) is 6.61 Å². The van der Waals surface area contributed by atoms with E-state index in [1.807, 2.05) is 0 Å². The van der Waals surface area contributed by atoms with Crippen LogP contribution in [0.1, 0.15) is 12.7 Å². The molecule has 0 atom stereocenters. The van der Waals surface area contributed by atoms with Crippen molar-refractivity contribution in [1.29, 1.82) is 0 Å². The normalized spacial score (nSPS) is 11.6. The van der Waals surface area contributed by atoms with Crippen LogP contribution >= 0.6 is 11.6 Å². The minimum absolute atomic E-state index is 0.0619. The Morgan fingerprint density at radius 3 is 2.54 bits per heavy atom. The first-order valence-electron chi connectivity index (χ1n) is 7.54. The van der Waals surface area contributed by atoms with Gasteiger partial charge in [0.2, 0.25) is 11.2 Å². The molecule has 0 radical (unpaired) electrons. The third kappa shape index (κ3) is 3.48. The molecule has 3 aromatic rings. The van der Waals surface area contributed by atoms with Crippen molar-refractivity contribution in [2.45, 2.75) is 13.1 Å². The largest absolute Gasteiger partial charge is 0.494 e. The molecule has 8 heteroatoms. The van der Waals surface area contributed by atoms with E-state index in [1.54, 1.807) is 13.0 Å². The molecule has 26 heavy (non-hydrogen) atoms. The van der Waals surface area contributed by atoms with Crippen LogP contribution in [0.15, 0.2) is 51.7 Å². The van der Waals surface area contributed by atoms with E-state index >= 15 is 0 Å². The van der Waals surface area contributed by atoms with Crippen LogP contribution in [0.3, 0.4) is 0 Å². The van der Waals surface area contributed by atoms with Crippen LogP contribution in [-0.2, 0) is 6.18 Å². The lowest BCUT2D eigenvalue weighted by Gasteiger charge is -2.14. The lowest BCUT2D eigenvalue weighted by molar-refractivity contribution is -0.154. The van der Waals surface area contributed by atoms with Crippen molar-refractivity contribution in [3.63, 3.8) is 0 Å². The number of fused-ring (bicyclic) bond motifs is 1. The minimum Gasteiger partial charge on any atom is -0.494 e. The van der Waals surface area contributed by atoms with Crippen LogP contribution < -0.4 is 14.9 Å². The van der Waals surface area contributed by atoms with Crippen molar-refractivity contribution in [2.24, 2.45) is 0 Å². The molecule has 0 unspecified atom stereocenters. The number of benzene rings is 2. The van der Waals surface area contributed by atoms with Crippen molar-refractivity contribution in [1.82, 2.24) is 0 Å². The average molecular weight is 385 g/mol. The Morgan fingerprint density at radius 2 is 1.88 bits per heavy atom. The fourth-order valence-corrected chi connectivity index (χ4v) is 2.50. The number of rotatable bonds is 4. The summed E-state index contributed by atoms with van der Waals surface area (Å²) in [6, 6.07) is 9.91. The summed E-state index contributed by atoms with van der Waals surface area (Å²) in [5.74, 6) is -2.31. The highest BCUT2D eigenvalue weighted by Gasteiger charge is 2.40. The van der Waals surface area contributed by atoms with Gasteiger partial charge >= 0.3 is 6.18 Å². The lowest BCUT2D eigenvalue weighted by atomic mass is 10.2. The molecule has 3 rings (SSSR count). The van der Waals surface area contributed by atoms with Gasteiger partial charge in [-0.15, -0.1) is 0 Å². The summed E-state index contributed by atoms with van der Waals surface area (Å²) in [6.45, 7) is 2.04. The van der Waals surface area contributed by atoms with Gasteiger partial charge < -0.3 is 13.9 Å². The second kappa shape index (κ2) is 6.92. The number of alkyl halides is 3. The molecule has 0 amide bonds. The highest BCUT2D eigenvalue weighted by Crippen LogP contribution is 2.39. The number of para-hydroxylation sites is 1. The van der Waals surface area contributed by atoms with Gasteiger partial charge in [-0.25, -0.2) is 0 Å². The van der Waals surface area contributed by atoms with Crippen LogP contribution in [0.25, 0.3) is 11.0 Å². The van der Waals surface area contributed by atoms with E-state index in [0.29, 0.717) is 6.61 Å². The smallest absolute Gasteiger partial charge is 0.453 e. The molecule has 136 valence electrons. The molecule has 0 saturated heterocycles. The Morgan fingerprint density at radius 1 is 1.15 bits per heavy atom. The molecule has 2 aromatic carbocycles. The van der Waals surface area contributed by atoms with Gasteiger partial charge in [-0.3, -0.25) is 4.79 Å². The van der Waals surface area contributed by atoms with Crippen molar-refractivity contribution in [3.05, 3.63) is 63.5 Å². The average Bonchev–Trinajstić information content (AvgIpc) is 2.58. The van der Waals surface area contributed by atoms with Gasteiger partial charge in [0.25, 0.3) is 5.76 Å². The topological polar surface area (TPSA) is 48.7 Å². The monoisotopic (exact) mass is 384 g/mol. The summed E-state index contributed by atoms with van der Waals surface area (Å²) in [7, 11) is 0. The first kappa shape index (κ1) is 18.1. The number of hydrogen-bond donors (Lipinski definition) is 0. The number of ether oxygens (including phenoxy) is 2. The van der Waals surface area contributed by atoms with E-state index in [2.05, 4.69) is 0 Å². The van der Waals surface area contributed by atoms with E-state index < -0.39 is 23.1 Å². The first-order valence-corrected chi connectivity index (χ1v) is 7.92. The minimum atomic E-state index is -4.94. The number of halogens is 4. The Labute approximate surface area is 150 Å². The maximum absolute atomic E-state index is 13.4. The van der Waals surface area contributed by atoms with E-state index in [9.17, 15) is 18.0 Å². The Balaban J connectivity index is 2.23. The predicted molar refractivity (Wildman–Crippen MR) is 90.2 cm³/mol. The van der Waals surface area contributed by atoms with Gasteiger partial charge in [0, 0.05) is 6.07 Å². The highest BCUT2D eigenvalue weighted by atomic mass is 35.5. The van der Waals surface area contributed by atoms with Crippen molar-refractivity contribution < 1.29 is 27.1 Å². The van der Waals surface area contributed by atoms with Crippen molar-refractivity contribution in [3.8, 4) is 17.2 Å². The molecule has 0 aliphatic rings. The second-order valence-corrected chi connectivity index (χ2v) is 5.62. The molecule has 0 aliphatic carbocycles. The molecule has 0 fully saturated rings. The predicted octanol–water partition coefficient (Wildman–Crippen LogP) is 5.66.